The molecule has 2 rings (SSSR count). The van der Waals surface area contributed by atoms with Gasteiger partial charge < -0.3 is 10.1 Å². The molecule has 94 valence electrons. The molecule has 2 heterocycles. The predicted octanol–water partition coefficient (Wildman–Crippen LogP) is 3.12. The fourth-order valence-corrected chi connectivity index (χ4v) is 3.12. The highest BCUT2D eigenvalue weighted by Gasteiger charge is 2.23. The topological polar surface area (TPSA) is 34.1 Å². The van der Waals surface area contributed by atoms with Crippen LogP contribution in [0.4, 0.5) is 0 Å². The van der Waals surface area contributed by atoms with Crippen LogP contribution in [0.5, 0.6) is 0 Å². The fraction of sp³-hybridized carbons (Fsp3) is 0.583. The molecule has 0 amide bonds. The summed E-state index contributed by atoms with van der Waals surface area (Å²) in [6.07, 6.45) is 3.36. The molecule has 1 aromatic heterocycles. The van der Waals surface area contributed by atoms with Crippen molar-refractivity contribution in [1.82, 2.24) is 10.3 Å². The molecule has 0 radical (unpaired) electrons. The lowest BCUT2D eigenvalue weighted by Crippen LogP contribution is -2.27. The summed E-state index contributed by atoms with van der Waals surface area (Å²) in [6.45, 7) is 4.82. The highest BCUT2D eigenvalue weighted by atomic mass is 79.9. The highest BCUT2D eigenvalue weighted by Crippen LogP contribution is 2.21. The lowest BCUT2D eigenvalue weighted by Gasteiger charge is -2.14. The van der Waals surface area contributed by atoms with E-state index in [-0.39, 0.29) is 0 Å². The van der Waals surface area contributed by atoms with E-state index >= 15 is 0 Å². The third-order valence-corrected chi connectivity index (χ3v) is 4.24. The first kappa shape index (κ1) is 13.5. The Morgan fingerprint density at radius 1 is 1.53 bits per heavy atom. The summed E-state index contributed by atoms with van der Waals surface area (Å²) in [5, 5.41) is 3.45. The maximum atomic E-state index is 5.54. The number of pyridine rings is 1. The van der Waals surface area contributed by atoms with Crippen LogP contribution in [0.15, 0.2) is 21.2 Å². The van der Waals surface area contributed by atoms with Crippen molar-refractivity contribution >= 4 is 31.9 Å². The van der Waals surface area contributed by atoms with Crippen LogP contribution in [-0.4, -0.2) is 24.2 Å². The van der Waals surface area contributed by atoms with Crippen LogP contribution < -0.4 is 5.32 Å². The molecule has 1 aliphatic rings. The molecule has 17 heavy (non-hydrogen) atoms. The zero-order valence-corrected chi connectivity index (χ0v) is 12.9. The SMILES string of the molecule is CC1OCCC1CNCc1ncc(Br)cc1Br. The van der Waals surface area contributed by atoms with Crippen LogP contribution >= 0.6 is 31.9 Å². The Bertz CT molecular complexity index is 387. The third kappa shape index (κ3) is 3.74. The number of rotatable bonds is 4. The summed E-state index contributed by atoms with van der Waals surface area (Å²) in [5.41, 5.74) is 1.04. The van der Waals surface area contributed by atoms with Gasteiger partial charge in [0.2, 0.25) is 0 Å². The van der Waals surface area contributed by atoms with Gasteiger partial charge in [0.25, 0.3) is 0 Å². The second-order valence-electron chi connectivity index (χ2n) is 4.34. The quantitative estimate of drug-likeness (QED) is 0.892. The molecule has 1 aromatic rings. The summed E-state index contributed by atoms with van der Waals surface area (Å²) < 4.78 is 7.57. The van der Waals surface area contributed by atoms with E-state index in [0.717, 1.165) is 40.8 Å². The van der Waals surface area contributed by atoms with Gasteiger partial charge in [0.15, 0.2) is 0 Å². The molecule has 0 bridgehead atoms. The molecule has 0 spiro atoms. The molecule has 0 aliphatic carbocycles. The smallest absolute Gasteiger partial charge is 0.0684 e. The Labute approximate surface area is 119 Å². The minimum Gasteiger partial charge on any atom is -0.378 e. The summed E-state index contributed by atoms with van der Waals surface area (Å²) in [7, 11) is 0. The van der Waals surface area contributed by atoms with Crippen molar-refractivity contribution in [3.63, 3.8) is 0 Å². The Hall–Kier alpha value is 0.0300. The van der Waals surface area contributed by atoms with E-state index in [9.17, 15) is 0 Å². The van der Waals surface area contributed by atoms with Gasteiger partial charge in [-0.15, -0.1) is 0 Å². The monoisotopic (exact) mass is 362 g/mol. The minimum atomic E-state index is 0.379. The van der Waals surface area contributed by atoms with Crippen molar-refractivity contribution in [3.8, 4) is 0 Å². The van der Waals surface area contributed by atoms with Gasteiger partial charge in [-0.1, -0.05) is 0 Å². The second-order valence-corrected chi connectivity index (χ2v) is 6.11. The molecular formula is C12H16Br2N2O. The van der Waals surface area contributed by atoms with E-state index in [1.807, 2.05) is 12.3 Å². The Morgan fingerprint density at radius 3 is 3.00 bits per heavy atom. The summed E-state index contributed by atoms with van der Waals surface area (Å²) >= 11 is 6.91. The largest absolute Gasteiger partial charge is 0.378 e. The molecule has 3 nitrogen and oxygen atoms in total. The molecule has 1 N–H and O–H groups in total. The zero-order valence-electron chi connectivity index (χ0n) is 9.75. The maximum Gasteiger partial charge on any atom is 0.0684 e. The van der Waals surface area contributed by atoms with Crippen LogP contribution in [0.2, 0.25) is 0 Å². The Balaban J connectivity index is 1.81. The van der Waals surface area contributed by atoms with Gasteiger partial charge in [0.05, 0.1) is 11.8 Å². The summed E-state index contributed by atoms with van der Waals surface area (Å²) in [6, 6.07) is 2.02. The molecule has 2 unspecified atom stereocenters. The molecule has 1 aliphatic heterocycles. The van der Waals surface area contributed by atoms with Gasteiger partial charge in [-0.2, -0.15) is 0 Å². The number of aromatic nitrogens is 1. The minimum absolute atomic E-state index is 0.379. The van der Waals surface area contributed by atoms with E-state index in [2.05, 4.69) is 49.1 Å². The van der Waals surface area contributed by atoms with E-state index in [1.165, 1.54) is 0 Å². The van der Waals surface area contributed by atoms with E-state index in [0.29, 0.717) is 12.0 Å². The second kappa shape index (κ2) is 6.27. The molecule has 1 fully saturated rings. The molecule has 2 atom stereocenters. The first-order valence-corrected chi connectivity index (χ1v) is 7.37. The van der Waals surface area contributed by atoms with Crippen molar-refractivity contribution in [1.29, 1.82) is 0 Å². The van der Waals surface area contributed by atoms with Crippen LogP contribution in [-0.2, 0) is 11.3 Å². The number of ether oxygens (including phenoxy) is 1. The molecule has 0 aromatic carbocycles. The average molecular weight is 364 g/mol. The van der Waals surface area contributed by atoms with Gasteiger partial charge in [0.1, 0.15) is 0 Å². The number of hydrogen-bond acceptors (Lipinski definition) is 3. The Kier molecular flexibility index (Phi) is 4.97. The summed E-state index contributed by atoms with van der Waals surface area (Å²) in [5.74, 6) is 0.629. The molecule has 0 saturated carbocycles. The van der Waals surface area contributed by atoms with Crippen molar-refractivity contribution in [2.75, 3.05) is 13.2 Å². The molecule has 1 saturated heterocycles. The van der Waals surface area contributed by atoms with E-state index in [4.69, 9.17) is 4.74 Å². The van der Waals surface area contributed by atoms with Crippen LogP contribution in [0.25, 0.3) is 0 Å². The van der Waals surface area contributed by atoms with Crippen molar-refractivity contribution in [3.05, 3.63) is 26.9 Å². The molecular weight excluding hydrogens is 348 g/mol. The standard InChI is InChI=1S/C12H16Br2N2O/c1-8-9(2-3-17-8)5-15-7-12-11(14)4-10(13)6-16-12/h4,6,8-9,15H,2-3,5,7H2,1H3. The van der Waals surface area contributed by atoms with Crippen molar-refractivity contribution in [2.45, 2.75) is 26.0 Å². The highest BCUT2D eigenvalue weighted by molar-refractivity contribution is 9.11. The number of nitrogens with one attached hydrogen (secondary N) is 1. The van der Waals surface area contributed by atoms with E-state index < -0.39 is 0 Å². The fourth-order valence-electron chi connectivity index (χ4n) is 1.99. The zero-order chi connectivity index (χ0) is 12.3. The maximum absolute atomic E-state index is 5.54. The van der Waals surface area contributed by atoms with Crippen LogP contribution in [0, 0.1) is 5.92 Å². The van der Waals surface area contributed by atoms with Gasteiger partial charge in [-0.05, 0) is 57.2 Å². The lowest BCUT2D eigenvalue weighted by atomic mass is 10.0. The average Bonchev–Trinajstić information content (AvgIpc) is 2.68. The van der Waals surface area contributed by atoms with Crippen LogP contribution in [0.3, 0.4) is 0 Å². The Morgan fingerprint density at radius 2 is 2.35 bits per heavy atom. The first-order valence-electron chi connectivity index (χ1n) is 5.79. The van der Waals surface area contributed by atoms with Gasteiger partial charge >= 0.3 is 0 Å². The normalized spacial score (nSPS) is 24.2. The first-order chi connectivity index (χ1) is 8.16. The number of hydrogen-bond donors (Lipinski definition) is 1. The summed E-state index contributed by atoms with van der Waals surface area (Å²) in [4.78, 5) is 4.37. The number of halogens is 2. The van der Waals surface area contributed by atoms with Gasteiger partial charge in [0, 0.05) is 34.8 Å². The van der Waals surface area contributed by atoms with Crippen LogP contribution in [0.1, 0.15) is 19.0 Å². The van der Waals surface area contributed by atoms with Gasteiger partial charge in [-0.3, -0.25) is 4.98 Å². The molecule has 5 heteroatoms. The lowest BCUT2D eigenvalue weighted by molar-refractivity contribution is 0.105. The van der Waals surface area contributed by atoms with Crippen molar-refractivity contribution in [2.24, 2.45) is 5.92 Å². The van der Waals surface area contributed by atoms with Crippen molar-refractivity contribution < 1.29 is 4.74 Å². The number of nitrogens with zero attached hydrogens (tertiary/aromatic N) is 1. The third-order valence-electron chi connectivity index (χ3n) is 3.12. The van der Waals surface area contributed by atoms with E-state index in [1.54, 1.807) is 0 Å². The van der Waals surface area contributed by atoms with Gasteiger partial charge in [-0.25, -0.2) is 0 Å². The predicted molar refractivity (Wildman–Crippen MR) is 74.9 cm³/mol.